The molecule has 0 spiro atoms. The Morgan fingerprint density at radius 3 is 2.15 bits per heavy atom. The highest BCUT2D eigenvalue weighted by atomic mass is 127. The maximum absolute atomic E-state index is 2.51. The summed E-state index contributed by atoms with van der Waals surface area (Å²) in [7, 11) is 2.16. The largest absolute Gasteiger partial charge is 0.346 e. The monoisotopic (exact) mass is 389 g/mol. The lowest BCUT2D eigenvalue weighted by Crippen LogP contribution is -2.23. The number of rotatable bonds is 10. The van der Waals surface area contributed by atoms with E-state index in [1.165, 1.54) is 61.5 Å². The second-order valence-corrected chi connectivity index (χ2v) is 7.48. The van der Waals surface area contributed by atoms with Crippen LogP contribution in [-0.2, 0) is 12.5 Å². The first-order valence-corrected chi connectivity index (χ1v) is 9.44. The van der Waals surface area contributed by atoms with Crippen LogP contribution in [0.15, 0.2) is 12.3 Å². The average Bonchev–Trinajstić information content (AvgIpc) is 2.77. The van der Waals surface area contributed by atoms with E-state index in [0.717, 1.165) is 0 Å². The average molecular weight is 389 g/mol. The molecule has 1 heterocycles. The number of halogens is 1. The van der Waals surface area contributed by atoms with Crippen molar-refractivity contribution in [3.63, 3.8) is 0 Å². The molecule has 0 amide bonds. The molecule has 116 valence electrons. The topological polar surface area (TPSA) is 4.93 Å². The fraction of sp³-hybridized carbons (Fsp3) is 0.778. The van der Waals surface area contributed by atoms with Crippen LogP contribution in [0.4, 0.5) is 0 Å². The van der Waals surface area contributed by atoms with E-state index in [2.05, 4.69) is 67.2 Å². The Hall–Kier alpha value is 0.01000. The van der Waals surface area contributed by atoms with Crippen molar-refractivity contribution < 1.29 is 0 Å². The highest BCUT2D eigenvalue weighted by molar-refractivity contribution is 14.1. The van der Waals surface area contributed by atoms with Crippen molar-refractivity contribution in [3.05, 3.63) is 21.5 Å². The third-order valence-electron chi connectivity index (χ3n) is 4.56. The molecule has 0 saturated carbocycles. The summed E-state index contributed by atoms with van der Waals surface area (Å²) < 4.78 is 3.69. The van der Waals surface area contributed by atoms with Gasteiger partial charge < -0.3 is 4.57 Å². The number of aromatic nitrogens is 1. The molecule has 1 aromatic rings. The summed E-state index contributed by atoms with van der Waals surface area (Å²) in [5.41, 5.74) is 1.95. The second-order valence-electron chi connectivity index (χ2n) is 6.46. The van der Waals surface area contributed by atoms with Crippen LogP contribution < -0.4 is 0 Å². The second kappa shape index (κ2) is 9.11. The SMILES string of the molecule is CCCCCCCC(C)(CCCC)c1ccn(C)c1I. The summed E-state index contributed by atoms with van der Waals surface area (Å²) in [5, 5.41) is 0. The van der Waals surface area contributed by atoms with Gasteiger partial charge in [-0.15, -0.1) is 0 Å². The smallest absolute Gasteiger partial charge is 0.0833 e. The van der Waals surface area contributed by atoms with E-state index in [9.17, 15) is 0 Å². The Labute approximate surface area is 139 Å². The van der Waals surface area contributed by atoms with Gasteiger partial charge in [0.1, 0.15) is 0 Å². The molecule has 1 rings (SSSR count). The van der Waals surface area contributed by atoms with Gasteiger partial charge >= 0.3 is 0 Å². The molecule has 0 saturated heterocycles. The van der Waals surface area contributed by atoms with Gasteiger partial charge in [0.2, 0.25) is 0 Å². The minimum absolute atomic E-state index is 0.375. The van der Waals surface area contributed by atoms with Crippen molar-refractivity contribution in [3.8, 4) is 0 Å². The van der Waals surface area contributed by atoms with E-state index >= 15 is 0 Å². The van der Waals surface area contributed by atoms with E-state index in [-0.39, 0.29) is 0 Å². The van der Waals surface area contributed by atoms with Crippen molar-refractivity contribution in [2.24, 2.45) is 7.05 Å². The van der Waals surface area contributed by atoms with E-state index in [0.29, 0.717) is 5.41 Å². The van der Waals surface area contributed by atoms with Gasteiger partial charge in [-0.3, -0.25) is 0 Å². The summed E-state index contributed by atoms with van der Waals surface area (Å²) in [6.07, 6.45) is 14.5. The van der Waals surface area contributed by atoms with Crippen LogP contribution in [0.1, 0.15) is 84.1 Å². The fourth-order valence-electron chi connectivity index (χ4n) is 3.04. The summed E-state index contributed by atoms with van der Waals surface area (Å²) in [4.78, 5) is 0. The minimum atomic E-state index is 0.375. The molecular formula is C18H32IN. The molecule has 0 fully saturated rings. The quantitative estimate of drug-likeness (QED) is 0.321. The third-order valence-corrected chi connectivity index (χ3v) is 5.90. The Morgan fingerprint density at radius 1 is 1.00 bits per heavy atom. The van der Waals surface area contributed by atoms with Gasteiger partial charge in [0, 0.05) is 13.2 Å². The number of unbranched alkanes of at least 4 members (excludes halogenated alkanes) is 5. The molecule has 0 aliphatic rings. The zero-order chi connectivity index (χ0) is 15.0. The zero-order valence-corrected chi connectivity index (χ0v) is 16.0. The predicted octanol–water partition coefficient (Wildman–Crippen LogP) is 6.44. The van der Waals surface area contributed by atoms with Gasteiger partial charge in [0.05, 0.1) is 3.70 Å². The van der Waals surface area contributed by atoms with E-state index in [1.54, 1.807) is 5.56 Å². The Balaban J connectivity index is 2.68. The number of hydrogen-bond acceptors (Lipinski definition) is 0. The first-order chi connectivity index (χ1) is 9.55. The highest BCUT2D eigenvalue weighted by Gasteiger charge is 2.28. The van der Waals surface area contributed by atoms with E-state index < -0.39 is 0 Å². The number of aryl methyl sites for hydroxylation is 1. The normalized spacial score (nSPS) is 14.4. The molecule has 0 aliphatic heterocycles. The molecule has 1 nitrogen and oxygen atoms in total. The van der Waals surface area contributed by atoms with Gasteiger partial charge in [-0.1, -0.05) is 65.7 Å². The van der Waals surface area contributed by atoms with Gasteiger partial charge in [0.15, 0.2) is 0 Å². The molecule has 0 N–H and O–H groups in total. The van der Waals surface area contributed by atoms with Crippen molar-refractivity contribution in [1.82, 2.24) is 4.57 Å². The lowest BCUT2D eigenvalue weighted by Gasteiger charge is -2.30. The Kier molecular flexibility index (Phi) is 8.23. The first-order valence-electron chi connectivity index (χ1n) is 8.36. The molecule has 1 aromatic heterocycles. The summed E-state index contributed by atoms with van der Waals surface area (Å²) in [6, 6.07) is 2.35. The van der Waals surface area contributed by atoms with E-state index in [4.69, 9.17) is 0 Å². The number of hydrogen-bond donors (Lipinski definition) is 0. The zero-order valence-electron chi connectivity index (χ0n) is 13.8. The maximum atomic E-state index is 2.51. The van der Waals surface area contributed by atoms with Crippen molar-refractivity contribution in [2.75, 3.05) is 0 Å². The Bertz CT molecular complexity index is 383. The molecule has 0 radical (unpaired) electrons. The Morgan fingerprint density at radius 2 is 1.60 bits per heavy atom. The fourth-order valence-corrected chi connectivity index (χ4v) is 4.03. The molecule has 0 bridgehead atoms. The van der Waals surface area contributed by atoms with Crippen LogP contribution in [0, 0.1) is 3.70 Å². The van der Waals surface area contributed by atoms with Gasteiger partial charge in [-0.25, -0.2) is 0 Å². The summed E-state index contributed by atoms with van der Waals surface area (Å²) in [5.74, 6) is 0. The number of nitrogens with zero attached hydrogens (tertiary/aromatic N) is 1. The molecular weight excluding hydrogens is 357 g/mol. The van der Waals surface area contributed by atoms with Gasteiger partial charge in [0.25, 0.3) is 0 Å². The van der Waals surface area contributed by atoms with Gasteiger partial charge in [-0.2, -0.15) is 0 Å². The summed E-state index contributed by atoms with van der Waals surface area (Å²) in [6.45, 7) is 7.08. The first kappa shape index (κ1) is 18.1. The van der Waals surface area contributed by atoms with Crippen LogP contribution in [-0.4, -0.2) is 4.57 Å². The standard InChI is InChI=1S/C18H32IN/c1-5-7-9-10-11-14-18(3,13-8-6-2)16-12-15-20(4)17(16)19/h12,15H,5-11,13-14H2,1-4H3. The van der Waals surface area contributed by atoms with Crippen LogP contribution in [0.5, 0.6) is 0 Å². The molecule has 2 heteroatoms. The van der Waals surface area contributed by atoms with Crippen LogP contribution in [0.3, 0.4) is 0 Å². The van der Waals surface area contributed by atoms with Crippen LogP contribution in [0.25, 0.3) is 0 Å². The van der Waals surface area contributed by atoms with Crippen molar-refractivity contribution in [1.29, 1.82) is 0 Å². The van der Waals surface area contributed by atoms with Crippen molar-refractivity contribution in [2.45, 2.75) is 84.0 Å². The van der Waals surface area contributed by atoms with Crippen molar-refractivity contribution >= 4 is 22.6 Å². The molecule has 0 aliphatic carbocycles. The lowest BCUT2D eigenvalue weighted by molar-refractivity contribution is 0.366. The maximum Gasteiger partial charge on any atom is 0.0833 e. The third kappa shape index (κ3) is 5.09. The molecule has 0 aromatic carbocycles. The predicted molar refractivity (Wildman–Crippen MR) is 98.4 cm³/mol. The lowest BCUT2D eigenvalue weighted by atomic mass is 9.75. The highest BCUT2D eigenvalue weighted by Crippen LogP contribution is 2.37. The summed E-state index contributed by atoms with van der Waals surface area (Å²) >= 11 is 2.51. The van der Waals surface area contributed by atoms with Gasteiger partial charge in [-0.05, 0) is 52.5 Å². The molecule has 1 unspecified atom stereocenters. The molecule has 20 heavy (non-hydrogen) atoms. The molecule has 1 atom stereocenters. The van der Waals surface area contributed by atoms with E-state index in [1.807, 2.05) is 0 Å². The van der Waals surface area contributed by atoms with Crippen LogP contribution in [0.2, 0.25) is 0 Å². The minimum Gasteiger partial charge on any atom is -0.346 e. The van der Waals surface area contributed by atoms with Crippen LogP contribution >= 0.6 is 22.6 Å².